The molecule has 1 aromatic heterocycles. The normalized spacial score (nSPS) is 10.7. The lowest BCUT2D eigenvalue weighted by Gasteiger charge is -2.16. The van der Waals surface area contributed by atoms with E-state index in [4.69, 9.17) is 9.15 Å². The molecule has 0 saturated carbocycles. The summed E-state index contributed by atoms with van der Waals surface area (Å²) in [7, 11) is 1.80. The molecular formula is C22H25N3O3S. The van der Waals surface area contributed by atoms with Gasteiger partial charge in [0.1, 0.15) is 5.75 Å². The van der Waals surface area contributed by atoms with Crippen molar-refractivity contribution >= 4 is 17.7 Å². The van der Waals surface area contributed by atoms with Crippen LogP contribution in [-0.4, -0.2) is 33.8 Å². The number of aromatic nitrogens is 2. The van der Waals surface area contributed by atoms with E-state index >= 15 is 0 Å². The van der Waals surface area contributed by atoms with Crippen molar-refractivity contribution in [3.8, 4) is 5.75 Å². The van der Waals surface area contributed by atoms with Crippen LogP contribution in [0.3, 0.4) is 0 Å². The molecule has 2 aromatic carbocycles. The van der Waals surface area contributed by atoms with E-state index in [0.717, 1.165) is 17.7 Å². The fraction of sp³-hybridized carbons (Fsp3) is 0.318. The molecular weight excluding hydrogens is 386 g/mol. The maximum atomic E-state index is 12.4. The second-order valence-corrected chi connectivity index (χ2v) is 7.70. The Kier molecular flexibility index (Phi) is 7.30. The number of hydrogen-bond acceptors (Lipinski definition) is 6. The second kappa shape index (κ2) is 10.1. The van der Waals surface area contributed by atoms with Gasteiger partial charge < -0.3 is 14.1 Å². The molecule has 152 valence electrons. The molecule has 0 saturated heterocycles. The zero-order valence-electron chi connectivity index (χ0n) is 16.9. The summed E-state index contributed by atoms with van der Waals surface area (Å²) >= 11 is 1.23. The fourth-order valence-electron chi connectivity index (χ4n) is 2.61. The first-order valence-electron chi connectivity index (χ1n) is 9.50. The highest BCUT2D eigenvalue weighted by molar-refractivity contribution is 7.99. The molecule has 1 heterocycles. The Morgan fingerprint density at radius 1 is 1.07 bits per heavy atom. The van der Waals surface area contributed by atoms with Crippen molar-refractivity contribution in [3.63, 3.8) is 0 Å². The van der Waals surface area contributed by atoms with Gasteiger partial charge in [0.05, 0.1) is 5.75 Å². The zero-order valence-corrected chi connectivity index (χ0v) is 17.7. The number of carbonyl (C=O) groups is 1. The fourth-order valence-corrected chi connectivity index (χ4v) is 3.33. The summed E-state index contributed by atoms with van der Waals surface area (Å²) in [6.07, 6.45) is 1.01. The standard InChI is InChI=1S/C22H25N3O3S/c1-4-17-7-9-18(10-8-17)13-25(3)21(26)15-29-22-24-23-20(28-22)14-27-19-11-5-16(2)6-12-19/h5-12H,4,13-15H2,1-3H3. The van der Waals surface area contributed by atoms with Crippen molar-refractivity contribution in [1.29, 1.82) is 0 Å². The molecule has 3 rings (SSSR count). The van der Waals surface area contributed by atoms with Gasteiger partial charge in [-0.25, -0.2) is 0 Å². The van der Waals surface area contributed by atoms with Crippen LogP contribution in [0.25, 0.3) is 0 Å². The van der Waals surface area contributed by atoms with Crippen LogP contribution in [0.4, 0.5) is 0 Å². The van der Waals surface area contributed by atoms with Crippen molar-refractivity contribution in [3.05, 3.63) is 71.1 Å². The number of nitrogens with zero attached hydrogens (tertiary/aromatic N) is 3. The maximum Gasteiger partial charge on any atom is 0.277 e. The first-order chi connectivity index (χ1) is 14.0. The van der Waals surface area contributed by atoms with Crippen LogP contribution in [-0.2, 0) is 24.4 Å². The average molecular weight is 412 g/mol. The van der Waals surface area contributed by atoms with Crippen LogP contribution < -0.4 is 4.74 Å². The number of benzene rings is 2. The van der Waals surface area contributed by atoms with E-state index in [0.29, 0.717) is 17.7 Å². The highest BCUT2D eigenvalue weighted by Gasteiger charge is 2.14. The van der Waals surface area contributed by atoms with E-state index in [1.54, 1.807) is 11.9 Å². The van der Waals surface area contributed by atoms with Gasteiger partial charge in [0, 0.05) is 13.6 Å². The lowest BCUT2D eigenvalue weighted by molar-refractivity contribution is -0.127. The Balaban J connectivity index is 1.44. The molecule has 3 aromatic rings. The molecule has 0 bridgehead atoms. The summed E-state index contributed by atoms with van der Waals surface area (Å²) in [5.41, 5.74) is 3.56. The Hall–Kier alpha value is -2.80. The van der Waals surface area contributed by atoms with Crippen LogP contribution >= 0.6 is 11.8 Å². The zero-order chi connectivity index (χ0) is 20.6. The summed E-state index contributed by atoms with van der Waals surface area (Å²) in [6.45, 7) is 4.91. The van der Waals surface area contributed by atoms with Gasteiger partial charge in [-0.3, -0.25) is 4.79 Å². The van der Waals surface area contributed by atoms with E-state index in [2.05, 4.69) is 41.4 Å². The van der Waals surface area contributed by atoms with Gasteiger partial charge in [-0.05, 0) is 36.6 Å². The third-order valence-electron chi connectivity index (χ3n) is 4.43. The van der Waals surface area contributed by atoms with Crippen molar-refractivity contribution in [2.24, 2.45) is 0 Å². The smallest absolute Gasteiger partial charge is 0.277 e. The minimum Gasteiger partial charge on any atom is -0.484 e. The van der Waals surface area contributed by atoms with E-state index in [1.807, 2.05) is 31.2 Å². The minimum atomic E-state index is 0.00484. The van der Waals surface area contributed by atoms with E-state index < -0.39 is 0 Å². The minimum absolute atomic E-state index is 0.00484. The SMILES string of the molecule is CCc1ccc(CN(C)C(=O)CSc2nnc(COc3ccc(C)cc3)o2)cc1. The number of aryl methyl sites for hydroxylation is 2. The molecule has 29 heavy (non-hydrogen) atoms. The van der Waals surface area contributed by atoms with Crippen molar-refractivity contribution in [2.75, 3.05) is 12.8 Å². The van der Waals surface area contributed by atoms with Gasteiger partial charge >= 0.3 is 0 Å². The molecule has 0 aliphatic carbocycles. The molecule has 0 N–H and O–H groups in total. The van der Waals surface area contributed by atoms with Crippen molar-refractivity contribution in [1.82, 2.24) is 15.1 Å². The number of ether oxygens (including phenoxy) is 1. The lowest BCUT2D eigenvalue weighted by Crippen LogP contribution is -2.27. The lowest BCUT2D eigenvalue weighted by atomic mass is 10.1. The summed E-state index contributed by atoms with van der Waals surface area (Å²) in [4.78, 5) is 14.1. The summed E-state index contributed by atoms with van der Waals surface area (Å²) in [5, 5.41) is 8.30. The van der Waals surface area contributed by atoms with Gasteiger partial charge in [0.25, 0.3) is 11.1 Å². The summed E-state index contributed by atoms with van der Waals surface area (Å²) in [6, 6.07) is 16.1. The predicted octanol–water partition coefficient (Wildman–Crippen LogP) is 4.27. The van der Waals surface area contributed by atoms with Crippen molar-refractivity contribution in [2.45, 2.75) is 38.6 Å². The Morgan fingerprint density at radius 2 is 1.76 bits per heavy atom. The van der Waals surface area contributed by atoms with Crippen molar-refractivity contribution < 1.29 is 13.9 Å². The topological polar surface area (TPSA) is 68.5 Å². The Labute approximate surface area is 175 Å². The highest BCUT2D eigenvalue weighted by atomic mass is 32.2. The Morgan fingerprint density at radius 3 is 2.45 bits per heavy atom. The van der Waals surface area contributed by atoms with Gasteiger partial charge in [-0.15, -0.1) is 10.2 Å². The van der Waals surface area contributed by atoms with Crippen LogP contribution in [0.5, 0.6) is 5.75 Å². The predicted molar refractivity (Wildman–Crippen MR) is 113 cm³/mol. The Bertz CT molecular complexity index is 923. The molecule has 0 spiro atoms. The largest absolute Gasteiger partial charge is 0.484 e. The third-order valence-corrected chi connectivity index (χ3v) is 5.23. The molecule has 0 unspecified atom stereocenters. The average Bonchev–Trinajstić information content (AvgIpc) is 3.20. The van der Waals surface area contributed by atoms with Gasteiger partial charge in [0.15, 0.2) is 6.61 Å². The van der Waals surface area contributed by atoms with Gasteiger partial charge in [0.2, 0.25) is 5.91 Å². The van der Waals surface area contributed by atoms with E-state index in [9.17, 15) is 4.79 Å². The van der Waals surface area contributed by atoms with E-state index in [1.165, 1.54) is 22.9 Å². The molecule has 6 nitrogen and oxygen atoms in total. The second-order valence-electron chi connectivity index (χ2n) is 6.77. The first kappa shape index (κ1) is 20.9. The molecule has 7 heteroatoms. The van der Waals surface area contributed by atoms with E-state index in [-0.39, 0.29) is 18.3 Å². The summed E-state index contributed by atoms with van der Waals surface area (Å²) in [5.74, 6) is 1.37. The quantitative estimate of drug-likeness (QED) is 0.490. The number of carbonyl (C=O) groups excluding carboxylic acids is 1. The van der Waals surface area contributed by atoms with Crippen LogP contribution in [0, 0.1) is 6.92 Å². The third kappa shape index (κ3) is 6.35. The van der Waals surface area contributed by atoms with Crippen LogP contribution in [0.1, 0.15) is 29.5 Å². The van der Waals surface area contributed by atoms with Crippen LogP contribution in [0.15, 0.2) is 58.2 Å². The molecule has 0 radical (unpaired) electrons. The molecule has 0 aliphatic heterocycles. The van der Waals surface area contributed by atoms with Gasteiger partial charge in [-0.1, -0.05) is 60.6 Å². The first-order valence-corrected chi connectivity index (χ1v) is 10.5. The number of amides is 1. The molecule has 0 fully saturated rings. The van der Waals surface area contributed by atoms with Crippen LogP contribution in [0.2, 0.25) is 0 Å². The molecule has 1 amide bonds. The molecule has 0 aliphatic rings. The maximum absolute atomic E-state index is 12.4. The number of thioether (sulfide) groups is 1. The molecule has 0 atom stereocenters. The highest BCUT2D eigenvalue weighted by Crippen LogP contribution is 2.19. The summed E-state index contributed by atoms with van der Waals surface area (Å²) < 4.78 is 11.2. The van der Waals surface area contributed by atoms with Gasteiger partial charge in [-0.2, -0.15) is 0 Å². The number of hydrogen-bond donors (Lipinski definition) is 0. The monoisotopic (exact) mass is 411 g/mol. The number of rotatable bonds is 9.